The molecule has 4 heteroatoms. The lowest BCUT2D eigenvalue weighted by molar-refractivity contribution is -0.143. The van der Waals surface area contributed by atoms with E-state index in [1.165, 1.54) is 0 Å². The SMILES string of the molecule is CCOC(=O)Cc1cc(C)cc(C)c1CC(=O)OCC. The van der Waals surface area contributed by atoms with Crippen LogP contribution in [0.5, 0.6) is 0 Å². The molecule has 0 aromatic heterocycles. The van der Waals surface area contributed by atoms with Crippen molar-refractivity contribution in [2.24, 2.45) is 0 Å². The average molecular weight is 278 g/mol. The zero-order chi connectivity index (χ0) is 15.1. The lowest BCUT2D eigenvalue weighted by Gasteiger charge is -2.13. The minimum absolute atomic E-state index is 0.186. The van der Waals surface area contributed by atoms with Gasteiger partial charge in [0, 0.05) is 0 Å². The third kappa shape index (κ3) is 4.68. The van der Waals surface area contributed by atoms with Crippen molar-refractivity contribution in [2.75, 3.05) is 13.2 Å². The molecule has 0 fully saturated rings. The van der Waals surface area contributed by atoms with Gasteiger partial charge >= 0.3 is 11.9 Å². The van der Waals surface area contributed by atoms with Gasteiger partial charge in [-0.3, -0.25) is 9.59 Å². The topological polar surface area (TPSA) is 52.6 Å². The number of carbonyl (C=O) groups is 2. The van der Waals surface area contributed by atoms with E-state index in [-0.39, 0.29) is 24.8 Å². The third-order valence-corrected chi connectivity index (χ3v) is 2.98. The lowest BCUT2D eigenvalue weighted by Crippen LogP contribution is -2.14. The molecule has 20 heavy (non-hydrogen) atoms. The summed E-state index contributed by atoms with van der Waals surface area (Å²) in [5.74, 6) is -0.549. The summed E-state index contributed by atoms with van der Waals surface area (Å²) in [5, 5.41) is 0. The molecule has 1 aromatic rings. The standard InChI is InChI=1S/C16H22O4/c1-5-19-15(17)9-13-8-11(3)7-12(4)14(13)10-16(18)20-6-2/h7-8H,5-6,9-10H2,1-4H3. The van der Waals surface area contributed by atoms with Gasteiger partial charge in [-0.15, -0.1) is 0 Å². The Morgan fingerprint density at radius 1 is 0.950 bits per heavy atom. The van der Waals surface area contributed by atoms with E-state index < -0.39 is 0 Å². The summed E-state index contributed by atoms with van der Waals surface area (Å²) < 4.78 is 9.96. The van der Waals surface area contributed by atoms with Crippen LogP contribution in [0, 0.1) is 13.8 Å². The monoisotopic (exact) mass is 278 g/mol. The van der Waals surface area contributed by atoms with Crippen molar-refractivity contribution in [1.82, 2.24) is 0 Å². The molecule has 0 amide bonds. The molecule has 0 aliphatic heterocycles. The van der Waals surface area contributed by atoms with Crippen LogP contribution in [0.4, 0.5) is 0 Å². The van der Waals surface area contributed by atoms with Crippen LogP contribution in [0.2, 0.25) is 0 Å². The molecule has 0 radical (unpaired) electrons. The molecule has 0 spiro atoms. The van der Waals surface area contributed by atoms with E-state index in [0.717, 1.165) is 22.3 Å². The summed E-state index contributed by atoms with van der Waals surface area (Å²) in [7, 11) is 0. The fourth-order valence-corrected chi connectivity index (χ4v) is 2.22. The van der Waals surface area contributed by atoms with Crippen molar-refractivity contribution in [1.29, 1.82) is 0 Å². The first-order chi connectivity index (χ1) is 9.47. The Hall–Kier alpha value is -1.84. The Kier molecular flexibility index (Phi) is 6.22. The highest BCUT2D eigenvalue weighted by Gasteiger charge is 2.15. The number of ether oxygens (including phenoxy) is 2. The first-order valence-electron chi connectivity index (χ1n) is 6.88. The highest BCUT2D eigenvalue weighted by molar-refractivity contribution is 5.77. The van der Waals surface area contributed by atoms with Crippen LogP contribution in [0.15, 0.2) is 12.1 Å². The Morgan fingerprint density at radius 3 is 2.05 bits per heavy atom. The Labute approximate surface area is 120 Å². The molecule has 0 heterocycles. The number of esters is 2. The minimum atomic E-state index is -0.275. The normalized spacial score (nSPS) is 10.2. The number of hydrogen-bond acceptors (Lipinski definition) is 4. The molecule has 1 rings (SSSR count). The van der Waals surface area contributed by atoms with E-state index in [9.17, 15) is 9.59 Å². The fraction of sp³-hybridized carbons (Fsp3) is 0.500. The van der Waals surface area contributed by atoms with Crippen LogP contribution in [0.1, 0.15) is 36.1 Å². The highest BCUT2D eigenvalue weighted by atomic mass is 16.5. The molecule has 0 unspecified atom stereocenters. The molecule has 0 N–H and O–H groups in total. The third-order valence-electron chi connectivity index (χ3n) is 2.98. The maximum atomic E-state index is 11.7. The Morgan fingerprint density at radius 2 is 1.50 bits per heavy atom. The van der Waals surface area contributed by atoms with Crippen molar-refractivity contribution in [3.63, 3.8) is 0 Å². The molecule has 0 bridgehead atoms. The fourth-order valence-electron chi connectivity index (χ4n) is 2.22. The van der Waals surface area contributed by atoms with E-state index in [2.05, 4.69) is 0 Å². The predicted molar refractivity (Wildman–Crippen MR) is 76.6 cm³/mol. The molecule has 0 saturated heterocycles. The van der Waals surface area contributed by atoms with Gasteiger partial charge in [-0.25, -0.2) is 0 Å². The molecule has 0 aliphatic carbocycles. The van der Waals surface area contributed by atoms with Crippen LogP contribution in [-0.4, -0.2) is 25.2 Å². The van der Waals surface area contributed by atoms with Gasteiger partial charge in [0.25, 0.3) is 0 Å². The van der Waals surface area contributed by atoms with Crippen LogP contribution in [-0.2, 0) is 31.9 Å². The predicted octanol–water partition coefficient (Wildman–Crippen LogP) is 2.51. The van der Waals surface area contributed by atoms with Crippen LogP contribution in [0.3, 0.4) is 0 Å². The average Bonchev–Trinajstić information content (AvgIpc) is 2.34. The molecular weight excluding hydrogens is 256 g/mol. The molecule has 110 valence electrons. The van der Waals surface area contributed by atoms with Crippen LogP contribution < -0.4 is 0 Å². The lowest BCUT2D eigenvalue weighted by atomic mass is 9.94. The van der Waals surface area contributed by atoms with E-state index in [0.29, 0.717) is 13.2 Å². The van der Waals surface area contributed by atoms with Gasteiger partial charge in [-0.2, -0.15) is 0 Å². The second-order valence-corrected chi connectivity index (χ2v) is 4.68. The van der Waals surface area contributed by atoms with Gasteiger partial charge in [0.2, 0.25) is 0 Å². The van der Waals surface area contributed by atoms with Crippen molar-refractivity contribution in [2.45, 2.75) is 40.5 Å². The molecule has 4 nitrogen and oxygen atoms in total. The van der Waals surface area contributed by atoms with Gasteiger partial charge in [-0.1, -0.05) is 17.7 Å². The number of aryl methyl sites for hydroxylation is 2. The van der Waals surface area contributed by atoms with Gasteiger partial charge in [0.05, 0.1) is 26.1 Å². The zero-order valence-corrected chi connectivity index (χ0v) is 12.6. The van der Waals surface area contributed by atoms with Gasteiger partial charge in [-0.05, 0) is 44.4 Å². The number of benzene rings is 1. The number of rotatable bonds is 6. The summed E-state index contributed by atoms with van der Waals surface area (Å²) >= 11 is 0. The van der Waals surface area contributed by atoms with E-state index in [1.54, 1.807) is 13.8 Å². The van der Waals surface area contributed by atoms with E-state index in [1.807, 2.05) is 26.0 Å². The van der Waals surface area contributed by atoms with Crippen LogP contribution in [0.25, 0.3) is 0 Å². The highest BCUT2D eigenvalue weighted by Crippen LogP contribution is 2.19. The minimum Gasteiger partial charge on any atom is -0.466 e. The molecular formula is C16H22O4. The number of carbonyl (C=O) groups excluding carboxylic acids is 2. The summed E-state index contributed by atoms with van der Waals surface area (Å²) in [6, 6.07) is 3.93. The van der Waals surface area contributed by atoms with Crippen LogP contribution >= 0.6 is 0 Å². The Bertz CT molecular complexity index is 491. The summed E-state index contributed by atoms with van der Waals surface area (Å²) in [4.78, 5) is 23.3. The quantitative estimate of drug-likeness (QED) is 0.750. The molecule has 1 aromatic carbocycles. The molecule has 0 aliphatic rings. The second-order valence-electron chi connectivity index (χ2n) is 4.68. The summed E-state index contributed by atoms with van der Waals surface area (Å²) in [5.41, 5.74) is 3.77. The summed E-state index contributed by atoms with van der Waals surface area (Å²) in [6.45, 7) is 8.18. The first-order valence-corrected chi connectivity index (χ1v) is 6.88. The van der Waals surface area contributed by atoms with E-state index in [4.69, 9.17) is 9.47 Å². The molecule has 0 atom stereocenters. The maximum absolute atomic E-state index is 11.7. The summed E-state index contributed by atoms with van der Waals surface area (Å²) in [6.07, 6.45) is 0.375. The molecule has 0 saturated carbocycles. The maximum Gasteiger partial charge on any atom is 0.310 e. The van der Waals surface area contributed by atoms with Gasteiger partial charge in [0.15, 0.2) is 0 Å². The van der Waals surface area contributed by atoms with Gasteiger partial charge < -0.3 is 9.47 Å². The van der Waals surface area contributed by atoms with Crippen molar-refractivity contribution in [3.8, 4) is 0 Å². The van der Waals surface area contributed by atoms with Gasteiger partial charge in [0.1, 0.15) is 0 Å². The number of hydrogen-bond donors (Lipinski definition) is 0. The van der Waals surface area contributed by atoms with Crippen molar-refractivity contribution in [3.05, 3.63) is 34.4 Å². The van der Waals surface area contributed by atoms with Crippen molar-refractivity contribution < 1.29 is 19.1 Å². The zero-order valence-electron chi connectivity index (χ0n) is 12.6. The second kappa shape index (κ2) is 7.68. The Balaban J connectivity index is 3.01. The smallest absolute Gasteiger partial charge is 0.310 e. The largest absolute Gasteiger partial charge is 0.466 e. The van der Waals surface area contributed by atoms with Crippen molar-refractivity contribution >= 4 is 11.9 Å². The van der Waals surface area contributed by atoms with E-state index >= 15 is 0 Å². The first kappa shape index (κ1) is 16.2.